The molecule has 0 saturated carbocycles. The Morgan fingerprint density at radius 2 is 1.75 bits per heavy atom. The Morgan fingerprint density at radius 3 is 2.38 bits per heavy atom. The van der Waals surface area contributed by atoms with E-state index in [0.29, 0.717) is 35.5 Å². The van der Waals surface area contributed by atoms with Crippen LogP contribution < -0.4 is 15.2 Å². The summed E-state index contributed by atoms with van der Waals surface area (Å²) in [6.45, 7) is 7.17. The van der Waals surface area contributed by atoms with Gasteiger partial charge in [0, 0.05) is 5.02 Å². The van der Waals surface area contributed by atoms with Crippen LogP contribution in [-0.4, -0.2) is 18.2 Å². The van der Waals surface area contributed by atoms with Crippen molar-refractivity contribution in [1.82, 2.24) is 0 Å². The summed E-state index contributed by atoms with van der Waals surface area (Å²) < 4.78 is 11.7. The van der Waals surface area contributed by atoms with E-state index < -0.39 is 0 Å². The van der Waals surface area contributed by atoms with Crippen LogP contribution in [0.15, 0.2) is 36.4 Å². The molecule has 0 aromatic heterocycles. The van der Waals surface area contributed by atoms with Crippen LogP contribution in [0.2, 0.25) is 5.02 Å². The van der Waals surface area contributed by atoms with E-state index >= 15 is 0 Å². The van der Waals surface area contributed by atoms with Crippen LogP contribution in [0.25, 0.3) is 0 Å². The van der Waals surface area contributed by atoms with Gasteiger partial charge < -0.3 is 15.2 Å². The van der Waals surface area contributed by atoms with E-state index in [9.17, 15) is 0 Å². The number of hydrogen-bond donors (Lipinski definition) is 1. The van der Waals surface area contributed by atoms with Gasteiger partial charge in [-0.3, -0.25) is 0 Å². The number of hydrogen-bond acceptors (Lipinski definition) is 3. The van der Waals surface area contributed by atoms with Gasteiger partial charge in [-0.15, -0.1) is 0 Å². The second kappa shape index (κ2) is 8.36. The Labute approximate surface area is 153 Å². The standard InChI is InChI=1S/C19H22ClNO2S/c1-12(2)15-6-4-13(3)10-18(15)23-9-8-22-17-7-5-14(20)11-16(17)19(21)24/h4-7,10-12H,8-9H2,1-3H3,(H2,21,24). The summed E-state index contributed by atoms with van der Waals surface area (Å²) in [5.74, 6) is 1.92. The fourth-order valence-corrected chi connectivity index (χ4v) is 2.70. The summed E-state index contributed by atoms with van der Waals surface area (Å²) in [6.07, 6.45) is 0. The van der Waals surface area contributed by atoms with Gasteiger partial charge in [0.05, 0.1) is 5.56 Å². The third kappa shape index (κ3) is 4.86. The van der Waals surface area contributed by atoms with Crippen LogP contribution in [0.4, 0.5) is 0 Å². The number of rotatable bonds is 7. The van der Waals surface area contributed by atoms with Crippen molar-refractivity contribution in [2.24, 2.45) is 5.73 Å². The van der Waals surface area contributed by atoms with Gasteiger partial charge in [0.2, 0.25) is 0 Å². The Morgan fingerprint density at radius 1 is 1.08 bits per heavy atom. The maximum atomic E-state index is 5.97. The molecule has 128 valence electrons. The van der Waals surface area contributed by atoms with Crippen molar-refractivity contribution >= 4 is 28.8 Å². The first-order chi connectivity index (χ1) is 11.4. The van der Waals surface area contributed by atoms with Crippen molar-refractivity contribution < 1.29 is 9.47 Å². The van der Waals surface area contributed by atoms with Crippen molar-refractivity contribution in [3.8, 4) is 11.5 Å². The average Bonchev–Trinajstić information content (AvgIpc) is 2.52. The first kappa shape index (κ1) is 18.6. The van der Waals surface area contributed by atoms with E-state index in [2.05, 4.69) is 39.0 Å². The minimum atomic E-state index is 0.259. The quantitative estimate of drug-likeness (QED) is 0.563. The lowest BCUT2D eigenvalue weighted by molar-refractivity contribution is 0.215. The SMILES string of the molecule is Cc1ccc(C(C)C)c(OCCOc2ccc(Cl)cc2C(N)=S)c1. The molecule has 0 aliphatic heterocycles. The Bertz CT molecular complexity index is 731. The lowest BCUT2D eigenvalue weighted by Crippen LogP contribution is -2.15. The summed E-state index contributed by atoms with van der Waals surface area (Å²) in [5.41, 5.74) is 8.71. The van der Waals surface area contributed by atoms with E-state index in [0.717, 1.165) is 5.75 Å². The van der Waals surface area contributed by atoms with E-state index in [1.54, 1.807) is 18.2 Å². The molecule has 0 amide bonds. The molecule has 0 radical (unpaired) electrons. The second-order valence-corrected chi connectivity index (χ2v) is 6.77. The lowest BCUT2D eigenvalue weighted by atomic mass is 10.0. The van der Waals surface area contributed by atoms with E-state index in [4.69, 9.17) is 39.0 Å². The number of thiocarbonyl (C=S) groups is 1. The topological polar surface area (TPSA) is 44.5 Å². The van der Waals surface area contributed by atoms with E-state index in [1.165, 1.54) is 11.1 Å². The van der Waals surface area contributed by atoms with Gasteiger partial charge >= 0.3 is 0 Å². The molecular formula is C19H22ClNO2S. The van der Waals surface area contributed by atoms with Gasteiger partial charge in [-0.2, -0.15) is 0 Å². The maximum absolute atomic E-state index is 5.97. The molecule has 24 heavy (non-hydrogen) atoms. The van der Waals surface area contributed by atoms with Crippen molar-refractivity contribution in [2.75, 3.05) is 13.2 Å². The molecule has 2 aromatic carbocycles. The predicted octanol–water partition coefficient (Wildman–Crippen LogP) is 4.86. The van der Waals surface area contributed by atoms with Gasteiger partial charge in [-0.05, 0) is 48.2 Å². The third-order valence-electron chi connectivity index (χ3n) is 3.60. The average molecular weight is 364 g/mol. The van der Waals surface area contributed by atoms with Gasteiger partial charge in [0.15, 0.2) is 0 Å². The van der Waals surface area contributed by atoms with E-state index in [-0.39, 0.29) is 4.99 Å². The highest BCUT2D eigenvalue weighted by molar-refractivity contribution is 7.80. The monoisotopic (exact) mass is 363 g/mol. The molecule has 0 bridgehead atoms. The lowest BCUT2D eigenvalue weighted by Gasteiger charge is -2.16. The number of aryl methyl sites for hydroxylation is 1. The van der Waals surface area contributed by atoms with Crippen LogP contribution >= 0.6 is 23.8 Å². The van der Waals surface area contributed by atoms with E-state index in [1.807, 2.05) is 0 Å². The Balaban J connectivity index is 1.99. The molecule has 0 atom stereocenters. The summed E-state index contributed by atoms with van der Waals surface area (Å²) in [7, 11) is 0. The molecule has 0 unspecified atom stereocenters. The molecule has 0 saturated heterocycles. The zero-order valence-corrected chi connectivity index (χ0v) is 15.7. The first-order valence-corrected chi connectivity index (χ1v) is 8.62. The minimum absolute atomic E-state index is 0.259. The zero-order valence-electron chi connectivity index (χ0n) is 14.1. The fourth-order valence-electron chi connectivity index (χ4n) is 2.37. The summed E-state index contributed by atoms with van der Waals surface area (Å²) >= 11 is 11.0. The molecule has 3 nitrogen and oxygen atoms in total. The predicted molar refractivity (Wildman–Crippen MR) is 104 cm³/mol. The Hall–Kier alpha value is -1.78. The van der Waals surface area contributed by atoms with Crippen LogP contribution in [0.3, 0.4) is 0 Å². The summed E-state index contributed by atoms with van der Waals surface area (Å²) in [6, 6.07) is 11.5. The second-order valence-electron chi connectivity index (χ2n) is 5.90. The zero-order chi connectivity index (χ0) is 17.7. The summed E-state index contributed by atoms with van der Waals surface area (Å²) in [4.78, 5) is 0.259. The number of benzene rings is 2. The van der Waals surface area contributed by atoms with Crippen LogP contribution in [0.1, 0.15) is 36.5 Å². The summed E-state index contributed by atoms with van der Waals surface area (Å²) in [5, 5.41) is 0.572. The molecule has 2 aromatic rings. The largest absolute Gasteiger partial charge is 0.490 e. The molecular weight excluding hydrogens is 342 g/mol. The Kier molecular flexibility index (Phi) is 6.46. The van der Waals surface area contributed by atoms with Crippen LogP contribution in [0, 0.1) is 6.92 Å². The smallest absolute Gasteiger partial charge is 0.129 e. The minimum Gasteiger partial charge on any atom is -0.490 e. The van der Waals surface area contributed by atoms with Crippen molar-refractivity contribution in [2.45, 2.75) is 26.7 Å². The maximum Gasteiger partial charge on any atom is 0.129 e. The molecule has 0 fully saturated rings. The first-order valence-electron chi connectivity index (χ1n) is 7.84. The van der Waals surface area contributed by atoms with Gasteiger partial charge in [0.1, 0.15) is 29.7 Å². The van der Waals surface area contributed by atoms with Crippen molar-refractivity contribution in [3.63, 3.8) is 0 Å². The van der Waals surface area contributed by atoms with Gasteiger partial charge in [-0.25, -0.2) is 0 Å². The van der Waals surface area contributed by atoms with Gasteiger partial charge in [0.25, 0.3) is 0 Å². The highest BCUT2D eigenvalue weighted by atomic mass is 35.5. The molecule has 0 aliphatic rings. The van der Waals surface area contributed by atoms with Crippen molar-refractivity contribution in [1.29, 1.82) is 0 Å². The molecule has 2 rings (SSSR count). The normalized spacial score (nSPS) is 10.7. The molecule has 0 aliphatic carbocycles. The highest BCUT2D eigenvalue weighted by Crippen LogP contribution is 2.27. The molecule has 5 heteroatoms. The van der Waals surface area contributed by atoms with Crippen LogP contribution in [-0.2, 0) is 0 Å². The molecule has 0 heterocycles. The van der Waals surface area contributed by atoms with Gasteiger partial charge in [-0.1, -0.05) is 49.8 Å². The highest BCUT2D eigenvalue weighted by Gasteiger charge is 2.10. The van der Waals surface area contributed by atoms with Crippen molar-refractivity contribution in [3.05, 3.63) is 58.1 Å². The molecule has 0 spiro atoms. The fraction of sp³-hybridized carbons (Fsp3) is 0.316. The van der Waals surface area contributed by atoms with Crippen LogP contribution in [0.5, 0.6) is 11.5 Å². The number of halogens is 1. The molecule has 2 N–H and O–H groups in total. The number of nitrogens with two attached hydrogens (primary N) is 1. The number of ether oxygens (including phenoxy) is 2. The third-order valence-corrected chi connectivity index (χ3v) is 4.05.